The summed E-state index contributed by atoms with van der Waals surface area (Å²) >= 11 is 0. The first-order valence-corrected chi connectivity index (χ1v) is 9.42. The van der Waals surface area contributed by atoms with E-state index in [0.717, 1.165) is 5.69 Å². The largest absolute Gasteiger partial charge is 0.449 e. The van der Waals surface area contributed by atoms with Gasteiger partial charge in [-0.1, -0.05) is 30.3 Å². The summed E-state index contributed by atoms with van der Waals surface area (Å²) in [7, 11) is 0. The van der Waals surface area contributed by atoms with Crippen molar-refractivity contribution in [2.75, 3.05) is 10.6 Å². The van der Waals surface area contributed by atoms with Crippen molar-refractivity contribution in [3.8, 4) is 0 Å². The number of carbonyl (C=O) groups excluding carboxylic acids is 2. The van der Waals surface area contributed by atoms with E-state index >= 15 is 0 Å². The molecule has 0 aliphatic heterocycles. The van der Waals surface area contributed by atoms with Crippen molar-refractivity contribution in [1.29, 1.82) is 0 Å². The lowest BCUT2D eigenvalue weighted by molar-refractivity contribution is -0.123. The molecule has 3 rings (SSSR count). The predicted octanol–water partition coefficient (Wildman–Crippen LogP) is 4.39. The summed E-state index contributed by atoms with van der Waals surface area (Å²) < 4.78 is 7.09. The number of ether oxygens (including phenoxy) is 1. The molecule has 1 amide bonds. The third-order valence-electron chi connectivity index (χ3n) is 4.26. The van der Waals surface area contributed by atoms with Crippen molar-refractivity contribution >= 4 is 29.1 Å². The van der Waals surface area contributed by atoms with Crippen molar-refractivity contribution in [1.82, 2.24) is 9.78 Å². The van der Waals surface area contributed by atoms with Crippen LogP contribution in [0.2, 0.25) is 0 Å². The molecule has 1 aromatic heterocycles. The maximum Gasteiger partial charge on any atom is 0.341 e. The molecule has 0 unspecified atom stereocenters. The zero-order valence-corrected chi connectivity index (χ0v) is 16.6. The van der Waals surface area contributed by atoms with Crippen LogP contribution in [0.3, 0.4) is 0 Å². The van der Waals surface area contributed by atoms with Gasteiger partial charge < -0.3 is 15.4 Å². The molecule has 150 valence electrons. The number of para-hydroxylation sites is 2. The van der Waals surface area contributed by atoms with Crippen LogP contribution in [0.5, 0.6) is 0 Å². The molecule has 3 aromatic rings. The zero-order chi connectivity index (χ0) is 20.8. The SMILES string of the molecule is CC(C)n1nccc1NC(=O)[C@H](C)OC(=O)c1ccccc1Nc1ccccc1. The van der Waals surface area contributed by atoms with Crippen LogP contribution in [0.1, 0.15) is 37.2 Å². The number of hydrogen-bond acceptors (Lipinski definition) is 5. The standard InChI is InChI=1S/C22H24N4O3/c1-15(2)26-20(13-14-23-26)25-21(27)16(3)29-22(28)18-11-7-8-12-19(18)24-17-9-5-4-6-10-17/h4-16,24H,1-3H3,(H,25,27)/t16-/m0/s1. The Hall–Kier alpha value is -3.61. The number of carbonyl (C=O) groups is 2. The number of aromatic nitrogens is 2. The molecule has 29 heavy (non-hydrogen) atoms. The second-order valence-electron chi connectivity index (χ2n) is 6.83. The molecular weight excluding hydrogens is 368 g/mol. The molecular formula is C22H24N4O3. The van der Waals surface area contributed by atoms with Gasteiger partial charge in [0.1, 0.15) is 5.82 Å². The molecule has 2 N–H and O–H groups in total. The molecule has 0 aliphatic carbocycles. The fourth-order valence-corrected chi connectivity index (χ4v) is 2.78. The van der Waals surface area contributed by atoms with Crippen LogP contribution in [-0.2, 0) is 9.53 Å². The minimum absolute atomic E-state index is 0.0918. The Bertz CT molecular complexity index is 982. The van der Waals surface area contributed by atoms with Gasteiger partial charge in [-0.2, -0.15) is 5.10 Å². The van der Waals surface area contributed by atoms with E-state index in [2.05, 4.69) is 15.7 Å². The van der Waals surface area contributed by atoms with Gasteiger partial charge in [-0.05, 0) is 45.0 Å². The van der Waals surface area contributed by atoms with Gasteiger partial charge in [0, 0.05) is 17.8 Å². The van der Waals surface area contributed by atoms with Crippen LogP contribution in [0.15, 0.2) is 66.9 Å². The molecule has 1 heterocycles. The van der Waals surface area contributed by atoms with E-state index in [1.165, 1.54) is 6.92 Å². The van der Waals surface area contributed by atoms with E-state index in [0.29, 0.717) is 17.1 Å². The maximum atomic E-state index is 12.7. The third kappa shape index (κ3) is 5.01. The maximum absolute atomic E-state index is 12.7. The summed E-state index contributed by atoms with van der Waals surface area (Å²) in [5.74, 6) is -0.447. The van der Waals surface area contributed by atoms with E-state index in [9.17, 15) is 9.59 Å². The van der Waals surface area contributed by atoms with Gasteiger partial charge in [-0.25, -0.2) is 9.48 Å². The number of esters is 1. The van der Waals surface area contributed by atoms with Gasteiger partial charge in [0.05, 0.1) is 17.4 Å². The van der Waals surface area contributed by atoms with E-state index in [4.69, 9.17) is 4.74 Å². The average Bonchev–Trinajstić information content (AvgIpc) is 3.17. The number of anilines is 3. The van der Waals surface area contributed by atoms with Crippen LogP contribution in [0.4, 0.5) is 17.2 Å². The Balaban J connectivity index is 1.68. The summed E-state index contributed by atoms with van der Waals surface area (Å²) in [6.07, 6.45) is 0.639. The van der Waals surface area contributed by atoms with Crippen LogP contribution < -0.4 is 10.6 Å². The number of nitrogens with zero attached hydrogens (tertiary/aromatic N) is 2. The normalized spacial score (nSPS) is 11.7. The molecule has 0 bridgehead atoms. The second kappa shape index (κ2) is 9.05. The molecule has 0 spiro atoms. The van der Waals surface area contributed by atoms with Gasteiger partial charge in [0.25, 0.3) is 5.91 Å². The average molecular weight is 392 g/mol. The van der Waals surface area contributed by atoms with E-state index in [1.807, 2.05) is 50.2 Å². The molecule has 0 radical (unpaired) electrons. The van der Waals surface area contributed by atoms with E-state index in [-0.39, 0.29) is 6.04 Å². The summed E-state index contributed by atoms with van der Waals surface area (Å²) in [6, 6.07) is 18.3. The highest BCUT2D eigenvalue weighted by atomic mass is 16.5. The number of hydrogen-bond donors (Lipinski definition) is 2. The Morgan fingerprint density at radius 1 is 0.966 bits per heavy atom. The zero-order valence-electron chi connectivity index (χ0n) is 16.6. The van der Waals surface area contributed by atoms with Crippen LogP contribution >= 0.6 is 0 Å². The van der Waals surface area contributed by atoms with Crippen molar-refractivity contribution in [2.24, 2.45) is 0 Å². The van der Waals surface area contributed by atoms with Crippen LogP contribution in [0.25, 0.3) is 0 Å². The van der Waals surface area contributed by atoms with Crippen molar-refractivity contribution in [3.05, 3.63) is 72.4 Å². The lowest BCUT2D eigenvalue weighted by Crippen LogP contribution is -2.31. The Labute approximate surface area is 169 Å². The number of rotatable bonds is 7. The number of nitrogens with one attached hydrogen (secondary N) is 2. The first-order chi connectivity index (χ1) is 14.0. The fourth-order valence-electron chi connectivity index (χ4n) is 2.78. The number of amides is 1. The molecule has 2 aromatic carbocycles. The lowest BCUT2D eigenvalue weighted by Gasteiger charge is -2.17. The smallest absolute Gasteiger partial charge is 0.341 e. The Morgan fingerprint density at radius 2 is 1.66 bits per heavy atom. The molecule has 7 heteroatoms. The highest BCUT2D eigenvalue weighted by Gasteiger charge is 2.22. The first-order valence-electron chi connectivity index (χ1n) is 9.42. The van der Waals surface area contributed by atoms with Gasteiger partial charge in [-0.3, -0.25) is 4.79 Å². The molecule has 1 atom stereocenters. The highest BCUT2D eigenvalue weighted by Crippen LogP contribution is 2.22. The van der Waals surface area contributed by atoms with Gasteiger partial charge in [0.15, 0.2) is 6.10 Å². The van der Waals surface area contributed by atoms with Crippen molar-refractivity contribution < 1.29 is 14.3 Å². The molecule has 0 saturated heterocycles. The second-order valence-corrected chi connectivity index (χ2v) is 6.83. The summed E-state index contributed by atoms with van der Waals surface area (Å²) in [5, 5.41) is 10.1. The van der Waals surface area contributed by atoms with E-state index in [1.54, 1.807) is 35.1 Å². The highest BCUT2D eigenvalue weighted by molar-refractivity contribution is 6.00. The number of benzene rings is 2. The minimum Gasteiger partial charge on any atom is -0.449 e. The van der Waals surface area contributed by atoms with Crippen molar-refractivity contribution in [3.63, 3.8) is 0 Å². The van der Waals surface area contributed by atoms with Crippen molar-refractivity contribution in [2.45, 2.75) is 32.9 Å². The van der Waals surface area contributed by atoms with E-state index < -0.39 is 18.0 Å². The van der Waals surface area contributed by atoms with Crippen LogP contribution in [-0.4, -0.2) is 27.8 Å². The minimum atomic E-state index is -0.970. The molecule has 7 nitrogen and oxygen atoms in total. The molecule has 0 saturated carbocycles. The first kappa shape index (κ1) is 20.1. The van der Waals surface area contributed by atoms with Gasteiger partial charge >= 0.3 is 5.97 Å². The Morgan fingerprint density at radius 3 is 2.38 bits per heavy atom. The summed E-state index contributed by atoms with van der Waals surface area (Å²) in [6.45, 7) is 5.46. The van der Waals surface area contributed by atoms with Gasteiger partial charge in [0.2, 0.25) is 0 Å². The molecule has 0 aliphatic rings. The third-order valence-corrected chi connectivity index (χ3v) is 4.26. The van der Waals surface area contributed by atoms with Crippen LogP contribution in [0, 0.1) is 0 Å². The lowest BCUT2D eigenvalue weighted by atomic mass is 10.1. The Kier molecular flexibility index (Phi) is 6.29. The predicted molar refractivity (Wildman–Crippen MR) is 112 cm³/mol. The molecule has 0 fully saturated rings. The topological polar surface area (TPSA) is 85.2 Å². The van der Waals surface area contributed by atoms with Gasteiger partial charge in [-0.15, -0.1) is 0 Å². The summed E-state index contributed by atoms with van der Waals surface area (Å²) in [5.41, 5.74) is 1.80. The fraction of sp³-hybridized carbons (Fsp3) is 0.227. The monoisotopic (exact) mass is 392 g/mol. The summed E-state index contributed by atoms with van der Waals surface area (Å²) in [4.78, 5) is 25.2. The quantitative estimate of drug-likeness (QED) is 0.583.